The van der Waals surface area contributed by atoms with Crippen LogP contribution < -0.4 is 10.6 Å². The third kappa shape index (κ3) is 5.21. The van der Waals surface area contributed by atoms with Crippen LogP contribution in [-0.4, -0.2) is 23.0 Å². The van der Waals surface area contributed by atoms with Crippen LogP contribution in [-0.2, 0) is 4.79 Å². The second-order valence-corrected chi connectivity index (χ2v) is 7.20. The second-order valence-electron chi connectivity index (χ2n) is 5.85. The molecule has 2 aromatic rings. The van der Waals surface area contributed by atoms with Crippen molar-refractivity contribution in [2.75, 3.05) is 5.32 Å². The first kappa shape index (κ1) is 19.3. The SMILES string of the molecule is CC(C)[C@H](NC(=O)c1ccc(Cl)cc1O)C(=O)Nc1ccc(Br)cc1. The maximum Gasteiger partial charge on any atom is 0.255 e. The average molecular weight is 426 g/mol. The van der Waals surface area contributed by atoms with Crippen LogP contribution in [0.25, 0.3) is 0 Å². The average Bonchev–Trinajstić information content (AvgIpc) is 2.54. The number of aromatic hydroxyl groups is 1. The van der Waals surface area contributed by atoms with Gasteiger partial charge < -0.3 is 15.7 Å². The van der Waals surface area contributed by atoms with Crippen molar-refractivity contribution in [3.63, 3.8) is 0 Å². The molecular formula is C18H18BrClN2O3. The number of nitrogens with one attached hydrogen (secondary N) is 2. The molecule has 0 saturated heterocycles. The van der Waals surface area contributed by atoms with E-state index < -0.39 is 11.9 Å². The summed E-state index contributed by atoms with van der Waals surface area (Å²) in [5.74, 6) is -1.26. The zero-order chi connectivity index (χ0) is 18.6. The van der Waals surface area contributed by atoms with Crippen LogP contribution in [0.4, 0.5) is 5.69 Å². The Labute approximate surface area is 159 Å². The van der Waals surface area contributed by atoms with Gasteiger partial charge in [-0.2, -0.15) is 0 Å². The lowest BCUT2D eigenvalue weighted by Gasteiger charge is -2.22. The fourth-order valence-corrected chi connectivity index (χ4v) is 2.63. The van der Waals surface area contributed by atoms with Crippen molar-refractivity contribution in [3.8, 4) is 5.75 Å². The second kappa shape index (κ2) is 8.36. The number of phenols is 1. The first-order chi connectivity index (χ1) is 11.8. The summed E-state index contributed by atoms with van der Waals surface area (Å²) in [5, 5.41) is 15.6. The molecule has 0 aromatic heterocycles. The molecule has 5 nitrogen and oxygen atoms in total. The molecule has 0 heterocycles. The lowest BCUT2D eigenvalue weighted by Crippen LogP contribution is -2.47. The van der Waals surface area contributed by atoms with Crippen molar-refractivity contribution in [2.45, 2.75) is 19.9 Å². The van der Waals surface area contributed by atoms with Crippen molar-refractivity contribution >= 4 is 45.0 Å². The molecule has 2 amide bonds. The fourth-order valence-electron chi connectivity index (χ4n) is 2.20. The van der Waals surface area contributed by atoms with E-state index in [9.17, 15) is 14.7 Å². The van der Waals surface area contributed by atoms with Crippen LogP contribution in [0.15, 0.2) is 46.9 Å². The molecule has 0 saturated carbocycles. The van der Waals surface area contributed by atoms with Crippen LogP contribution in [0.1, 0.15) is 24.2 Å². The van der Waals surface area contributed by atoms with Crippen molar-refractivity contribution in [3.05, 3.63) is 57.5 Å². The highest BCUT2D eigenvalue weighted by atomic mass is 79.9. The zero-order valence-corrected chi connectivity index (χ0v) is 16.1. The van der Waals surface area contributed by atoms with Gasteiger partial charge in [-0.05, 0) is 48.4 Å². The number of anilines is 1. The predicted octanol–water partition coefficient (Wildman–Crippen LogP) is 4.20. The number of phenolic OH excluding ortho intramolecular Hbond substituents is 1. The first-order valence-electron chi connectivity index (χ1n) is 7.63. The van der Waals surface area contributed by atoms with Gasteiger partial charge in [0.25, 0.3) is 5.91 Å². The molecule has 0 spiro atoms. The molecule has 0 aliphatic heterocycles. The Hall–Kier alpha value is -2.05. The minimum atomic E-state index is -0.758. The number of hydrogen-bond donors (Lipinski definition) is 3. The van der Waals surface area contributed by atoms with Gasteiger partial charge in [-0.15, -0.1) is 0 Å². The maximum atomic E-state index is 12.5. The Morgan fingerprint density at radius 2 is 1.76 bits per heavy atom. The summed E-state index contributed by atoms with van der Waals surface area (Å²) in [6.45, 7) is 3.65. The minimum absolute atomic E-state index is 0.0616. The van der Waals surface area contributed by atoms with Gasteiger partial charge in [0.15, 0.2) is 0 Å². The quantitative estimate of drug-likeness (QED) is 0.672. The third-order valence-corrected chi connectivity index (χ3v) is 4.32. The van der Waals surface area contributed by atoms with Crippen molar-refractivity contribution in [2.24, 2.45) is 5.92 Å². The number of amides is 2. The molecule has 7 heteroatoms. The molecule has 0 aliphatic rings. The smallest absolute Gasteiger partial charge is 0.255 e. The van der Waals surface area contributed by atoms with E-state index in [1.165, 1.54) is 18.2 Å². The molecule has 0 radical (unpaired) electrons. The molecule has 0 fully saturated rings. The van der Waals surface area contributed by atoms with E-state index in [1.807, 2.05) is 26.0 Å². The molecule has 25 heavy (non-hydrogen) atoms. The molecule has 0 aliphatic carbocycles. The highest BCUT2D eigenvalue weighted by molar-refractivity contribution is 9.10. The number of rotatable bonds is 5. The number of halogens is 2. The summed E-state index contributed by atoms with van der Waals surface area (Å²) in [5.41, 5.74) is 0.689. The third-order valence-electron chi connectivity index (χ3n) is 3.55. The normalized spacial score (nSPS) is 11.9. The Kier molecular flexibility index (Phi) is 6.45. The molecule has 2 rings (SSSR count). The number of hydrogen-bond acceptors (Lipinski definition) is 3. The van der Waals surface area contributed by atoms with Crippen molar-refractivity contribution < 1.29 is 14.7 Å². The summed E-state index contributed by atoms with van der Waals surface area (Å²) in [6, 6.07) is 10.6. The van der Waals surface area contributed by atoms with Gasteiger partial charge in [0.2, 0.25) is 5.91 Å². The van der Waals surface area contributed by atoms with E-state index in [2.05, 4.69) is 26.6 Å². The molecular weight excluding hydrogens is 408 g/mol. The highest BCUT2D eigenvalue weighted by Crippen LogP contribution is 2.22. The summed E-state index contributed by atoms with van der Waals surface area (Å²) in [7, 11) is 0. The van der Waals surface area contributed by atoms with Gasteiger partial charge in [-0.3, -0.25) is 9.59 Å². The molecule has 0 unspecified atom stereocenters. The zero-order valence-electron chi connectivity index (χ0n) is 13.7. The standard InChI is InChI=1S/C18H18BrClN2O3/c1-10(2)16(18(25)21-13-6-3-11(19)4-7-13)22-17(24)14-8-5-12(20)9-15(14)23/h3-10,16,23H,1-2H3,(H,21,25)(H,22,24)/t16-/m0/s1. The molecule has 2 aromatic carbocycles. The van der Waals surface area contributed by atoms with Crippen LogP contribution >= 0.6 is 27.5 Å². The van der Waals surface area contributed by atoms with Crippen molar-refractivity contribution in [1.82, 2.24) is 5.32 Å². The Morgan fingerprint density at radius 1 is 1.12 bits per heavy atom. The molecule has 3 N–H and O–H groups in total. The van der Waals surface area contributed by atoms with Crippen LogP contribution in [0.3, 0.4) is 0 Å². The topological polar surface area (TPSA) is 78.4 Å². The van der Waals surface area contributed by atoms with Gasteiger partial charge in [-0.25, -0.2) is 0 Å². The Morgan fingerprint density at radius 3 is 2.32 bits per heavy atom. The van der Waals surface area contributed by atoms with E-state index >= 15 is 0 Å². The van der Waals surface area contributed by atoms with Crippen LogP contribution in [0.2, 0.25) is 5.02 Å². The van der Waals surface area contributed by atoms with E-state index in [0.29, 0.717) is 10.7 Å². The summed E-state index contributed by atoms with van der Waals surface area (Å²) < 4.78 is 0.900. The van der Waals surface area contributed by atoms with Gasteiger partial charge in [0.05, 0.1) is 5.56 Å². The van der Waals surface area contributed by atoms with Gasteiger partial charge >= 0.3 is 0 Å². The van der Waals surface area contributed by atoms with Gasteiger partial charge in [0.1, 0.15) is 11.8 Å². The number of benzene rings is 2. The summed E-state index contributed by atoms with van der Waals surface area (Å²) in [6.07, 6.45) is 0. The Balaban J connectivity index is 2.13. The summed E-state index contributed by atoms with van der Waals surface area (Å²) >= 11 is 9.10. The lowest BCUT2D eigenvalue weighted by molar-refractivity contribution is -0.118. The van der Waals surface area contributed by atoms with E-state index in [1.54, 1.807) is 12.1 Å². The number of carbonyl (C=O) groups excluding carboxylic acids is 2. The maximum absolute atomic E-state index is 12.5. The Bertz CT molecular complexity index is 778. The molecule has 0 bridgehead atoms. The monoisotopic (exact) mass is 424 g/mol. The predicted molar refractivity (Wildman–Crippen MR) is 102 cm³/mol. The first-order valence-corrected chi connectivity index (χ1v) is 8.81. The van der Waals surface area contributed by atoms with E-state index in [0.717, 1.165) is 4.47 Å². The van der Waals surface area contributed by atoms with E-state index in [-0.39, 0.29) is 23.1 Å². The number of carbonyl (C=O) groups is 2. The van der Waals surface area contributed by atoms with E-state index in [4.69, 9.17) is 11.6 Å². The molecule has 1 atom stereocenters. The molecule has 132 valence electrons. The minimum Gasteiger partial charge on any atom is -0.507 e. The summed E-state index contributed by atoms with van der Waals surface area (Å²) in [4.78, 5) is 24.9. The van der Waals surface area contributed by atoms with Gasteiger partial charge in [0, 0.05) is 15.2 Å². The van der Waals surface area contributed by atoms with Crippen LogP contribution in [0.5, 0.6) is 5.75 Å². The van der Waals surface area contributed by atoms with Crippen LogP contribution in [0, 0.1) is 5.92 Å². The van der Waals surface area contributed by atoms with Gasteiger partial charge in [-0.1, -0.05) is 41.4 Å². The lowest BCUT2D eigenvalue weighted by atomic mass is 10.0. The van der Waals surface area contributed by atoms with Crippen molar-refractivity contribution in [1.29, 1.82) is 0 Å². The fraction of sp³-hybridized carbons (Fsp3) is 0.222. The largest absolute Gasteiger partial charge is 0.507 e. The highest BCUT2D eigenvalue weighted by Gasteiger charge is 2.25.